The Morgan fingerprint density at radius 3 is 2.67 bits per heavy atom. The summed E-state index contributed by atoms with van der Waals surface area (Å²) in [7, 11) is 0. The highest BCUT2D eigenvalue weighted by molar-refractivity contribution is 5.81. The number of aromatic hydroxyl groups is 1. The second kappa shape index (κ2) is 5.88. The third-order valence-corrected chi connectivity index (χ3v) is 10.7. The number of benzene rings is 1. The van der Waals surface area contributed by atoms with Crippen molar-refractivity contribution in [2.75, 3.05) is 6.61 Å². The molecule has 2 saturated heterocycles. The van der Waals surface area contributed by atoms with Crippen molar-refractivity contribution in [3.05, 3.63) is 29.6 Å². The van der Waals surface area contributed by atoms with Crippen LogP contribution in [0.4, 0.5) is 0 Å². The third kappa shape index (κ3) is 1.94. The summed E-state index contributed by atoms with van der Waals surface area (Å²) in [5.74, 6) is -2.14. The van der Waals surface area contributed by atoms with Gasteiger partial charge in [-0.1, -0.05) is 26.8 Å². The van der Waals surface area contributed by atoms with E-state index in [0.717, 1.165) is 25.0 Å². The number of rotatable bonds is 0. The molecule has 0 amide bonds. The van der Waals surface area contributed by atoms with Gasteiger partial charge in [0.1, 0.15) is 17.4 Å². The summed E-state index contributed by atoms with van der Waals surface area (Å²) in [5.41, 5.74) is 0.628. The van der Waals surface area contributed by atoms with Gasteiger partial charge in [0.15, 0.2) is 0 Å². The Labute approximate surface area is 192 Å². The standard InChI is InChI=1S/C26H32N2O5/c1-12-13-7-8-16-24-11-33-26(32,22(31)20(24)23(2,3)10-9-17(24)30)25(12,16)21-18(13)27-14-5-4-6-15(29)19(14)28-21/h4-6,12-13,16-17,20,22,29-32H,7-11H2,1-3H3/t12?,13-,16?,17+,20?,22+,24-,25+,26-/m1/s1. The SMILES string of the molecule is CC1[C@H]2CCC3[C@@]45CO[C@](O)([C@@H](O)C4C(C)(C)CC[C@@H]5O)[C@@]13c1nc3c(O)cccc3nc12. The molecule has 4 bridgehead atoms. The van der Waals surface area contributed by atoms with Crippen molar-refractivity contribution in [3.8, 4) is 5.75 Å². The maximum atomic E-state index is 12.4. The van der Waals surface area contributed by atoms with Crippen LogP contribution in [0, 0.1) is 28.6 Å². The number of hydrogen-bond acceptors (Lipinski definition) is 7. The molecule has 7 nitrogen and oxygen atoms in total. The first-order valence-corrected chi connectivity index (χ1v) is 12.3. The van der Waals surface area contributed by atoms with Gasteiger partial charge in [-0.2, -0.15) is 0 Å². The van der Waals surface area contributed by atoms with Gasteiger partial charge in [0, 0.05) is 17.3 Å². The lowest BCUT2D eigenvalue weighted by molar-refractivity contribution is -0.446. The monoisotopic (exact) mass is 452 g/mol. The van der Waals surface area contributed by atoms with Crippen molar-refractivity contribution in [3.63, 3.8) is 0 Å². The van der Waals surface area contributed by atoms with Gasteiger partial charge in [-0.25, -0.2) is 9.97 Å². The largest absolute Gasteiger partial charge is 0.506 e. The van der Waals surface area contributed by atoms with Gasteiger partial charge >= 0.3 is 0 Å². The first-order chi connectivity index (χ1) is 15.6. The van der Waals surface area contributed by atoms with Crippen LogP contribution in [-0.2, 0) is 10.2 Å². The molecule has 3 unspecified atom stereocenters. The average Bonchev–Trinajstić information content (AvgIpc) is 2.90. The molecular formula is C26H32N2O5. The molecule has 2 spiro atoms. The van der Waals surface area contributed by atoms with Gasteiger partial charge < -0.3 is 25.2 Å². The summed E-state index contributed by atoms with van der Waals surface area (Å²) in [6.07, 6.45) is 1.39. The van der Waals surface area contributed by atoms with E-state index >= 15 is 0 Å². The Kier molecular flexibility index (Phi) is 3.66. The van der Waals surface area contributed by atoms with Crippen LogP contribution in [0.3, 0.4) is 0 Å². The van der Waals surface area contributed by atoms with Crippen LogP contribution in [-0.4, -0.2) is 55.0 Å². The van der Waals surface area contributed by atoms with Crippen molar-refractivity contribution in [2.24, 2.45) is 28.6 Å². The smallest absolute Gasteiger partial charge is 0.204 e. The molecule has 1 aromatic heterocycles. The van der Waals surface area contributed by atoms with Gasteiger partial charge in [0.25, 0.3) is 0 Å². The van der Waals surface area contributed by atoms with Crippen LogP contribution in [0.15, 0.2) is 18.2 Å². The van der Waals surface area contributed by atoms with E-state index in [4.69, 9.17) is 14.7 Å². The Morgan fingerprint density at radius 2 is 1.88 bits per heavy atom. The number of phenolic OH excluding ortho intramolecular Hbond substituents is 1. The molecule has 1 aromatic carbocycles. The number of hydrogen-bond donors (Lipinski definition) is 4. The van der Waals surface area contributed by atoms with E-state index < -0.39 is 28.8 Å². The zero-order valence-electron chi connectivity index (χ0n) is 19.3. The van der Waals surface area contributed by atoms with Crippen LogP contribution < -0.4 is 0 Å². The molecule has 0 radical (unpaired) electrons. The van der Waals surface area contributed by atoms with E-state index in [1.807, 2.05) is 6.07 Å². The lowest BCUT2D eigenvalue weighted by Gasteiger charge is -2.75. The summed E-state index contributed by atoms with van der Waals surface area (Å²) in [6.45, 7) is 6.65. The number of phenols is 1. The Hall–Kier alpha value is -1.80. The highest BCUT2D eigenvalue weighted by Gasteiger charge is 2.84. The summed E-state index contributed by atoms with van der Waals surface area (Å²) in [6, 6.07) is 5.20. The maximum absolute atomic E-state index is 12.4. The third-order valence-electron chi connectivity index (χ3n) is 10.7. The molecule has 3 heterocycles. The minimum Gasteiger partial charge on any atom is -0.506 e. The zero-order valence-corrected chi connectivity index (χ0v) is 19.3. The molecule has 6 aliphatic rings. The predicted molar refractivity (Wildman–Crippen MR) is 119 cm³/mol. The summed E-state index contributed by atoms with van der Waals surface area (Å²) in [5, 5.41) is 46.4. The molecule has 3 saturated carbocycles. The van der Waals surface area contributed by atoms with Crippen molar-refractivity contribution < 1.29 is 25.2 Å². The fraction of sp³-hybridized carbons (Fsp3) is 0.692. The lowest BCUT2D eigenvalue weighted by atomic mass is 9.34. The Balaban J connectivity index is 1.57. The number of aliphatic hydroxyl groups is 3. The second-order valence-electron chi connectivity index (χ2n) is 12.1. The molecule has 4 aliphatic carbocycles. The Morgan fingerprint density at radius 1 is 1.09 bits per heavy atom. The number of fused-ring (bicyclic) bond motifs is 5. The molecule has 9 atom stereocenters. The van der Waals surface area contributed by atoms with Gasteiger partial charge in [-0.05, 0) is 55.1 Å². The normalized spacial score (nSPS) is 48.9. The fourth-order valence-corrected chi connectivity index (χ4v) is 9.52. The highest BCUT2D eigenvalue weighted by atomic mass is 16.6. The first kappa shape index (κ1) is 20.6. The summed E-state index contributed by atoms with van der Waals surface area (Å²) in [4.78, 5) is 9.92. The van der Waals surface area contributed by atoms with Gasteiger partial charge in [0.05, 0.1) is 35.0 Å². The van der Waals surface area contributed by atoms with Gasteiger partial charge in [-0.3, -0.25) is 0 Å². The lowest BCUT2D eigenvalue weighted by Crippen LogP contribution is -2.85. The highest BCUT2D eigenvalue weighted by Crippen LogP contribution is 2.78. The molecule has 7 heteroatoms. The molecule has 33 heavy (non-hydrogen) atoms. The van der Waals surface area contributed by atoms with Crippen molar-refractivity contribution in [1.82, 2.24) is 9.97 Å². The van der Waals surface area contributed by atoms with E-state index in [1.165, 1.54) is 0 Å². The molecule has 2 aliphatic heterocycles. The predicted octanol–water partition coefficient (Wildman–Crippen LogP) is 2.59. The van der Waals surface area contributed by atoms with E-state index in [-0.39, 0.29) is 41.4 Å². The van der Waals surface area contributed by atoms with Crippen LogP contribution >= 0.6 is 0 Å². The van der Waals surface area contributed by atoms with E-state index in [0.29, 0.717) is 23.1 Å². The topological polar surface area (TPSA) is 116 Å². The number of para-hydroxylation sites is 1. The van der Waals surface area contributed by atoms with Crippen molar-refractivity contribution in [2.45, 2.75) is 75.8 Å². The molecule has 5 fully saturated rings. The van der Waals surface area contributed by atoms with Crippen LogP contribution in [0.1, 0.15) is 63.8 Å². The van der Waals surface area contributed by atoms with Gasteiger partial charge in [-0.15, -0.1) is 0 Å². The number of aliphatic hydroxyl groups excluding tert-OH is 2. The minimum absolute atomic E-state index is 0.0501. The molecule has 2 aromatic rings. The van der Waals surface area contributed by atoms with E-state index in [9.17, 15) is 20.4 Å². The summed E-state index contributed by atoms with van der Waals surface area (Å²) < 4.78 is 6.28. The number of aromatic nitrogens is 2. The Bertz CT molecular complexity index is 1200. The molecular weight excluding hydrogens is 420 g/mol. The fourth-order valence-electron chi connectivity index (χ4n) is 9.52. The zero-order chi connectivity index (χ0) is 23.1. The van der Waals surface area contributed by atoms with Crippen LogP contribution in [0.2, 0.25) is 0 Å². The molecule has 4 N–H and O–H groups in total. The molecule has 176 valence electrons. The second-order valence-corrected chi connectivity index (χ2v) is 12.1. The first-order valence-electron chi connectivity index (χ1n) is 12.3. The minimum atomic E-state index is -1.82. The summed E-state index contributed by atoms with van der Waals surface area (Å²) >= 11 is 0. The van der Waals surface area contributed by atoms with E-state index in [2.05, 4.69) is 20.8 Å². The van der Waals surface area contributed by atoms with Crippen molar-refractivity contribution in [1.29, 1.82) is 0 Å². The molecule has 8 rings (SSSR count). The van der Waals surface area contributed by atoms with Gasteiger partial charge in [0.2, 0.25) is 5.79 Å². The van der Waals surface area contributed by atoms with Crippen LogP contribution in [0.5, 0.6) is 5.75 Å². The average molecular weight is 453 g/mol. The number of nitrogens with zero attached hydrogens (tertiary/aromatic N) is 2. The van der Waals surface area contributed by atoms with E-state index in [1.54, 1.807) is 12.1 Å². The van der Waals surface area contributed by atoms with Crippen LogP contribution in [0.25, 0.3) is 11.0 Å². The number of ether oxygens (including phenoxy) is 1. The quantitative estimate of drug-likeness (QED) is 0.486. The maximum Gasteiger partial charge on any atom is 0.204 e. The van der Waals surface area contributed by atoms with Crippen molar-refractivity contribution >= 4 is 11.0 Å².